The van der Waals surface area contributed by atoms with Gasteiger partial charge in [-0.2, -0.15) is 5.10 Å². The molecule has 0 radical (unpaired) electrons. The number of urea groups is 1. The molecule has 1 aliphatic rings. The number of benzene rings is 1. The number of aliphatic hydroxyl groups is 1. The number of hydrogen-bond donors (Lipinski definition) is 3. The van der Waals surface area contributed by atoms with Crippen LogP contribution in [0.15, 0.2) is 42.7 Å². The number of aliphatic hydroxyl groups excluding tert-OH is 1. The van der Waals surface area contributed by atoms with E-state index in [2.05, 4.69) is 15.7 Å². The van der Waals surface area contributed by atoms with Crippen LogP contribution in [0, 0.1) is 5.41 Å². The fraction of sp³-hybridized carbons (Fsp3) is 0.375. The zero-order valence-electron chi connectivity index (χ0n) is 12.3. The smallest absolute Gasteiger partial charge is 0.315 e. The van der Waals surface area contributed by atoms with Gasteiger partial charge in [0.2, 0.25) is 0 Å². The number of para-hydroxylation sites is 1. The fourth-order valence-electron chi connectivity index (χ4n) is 2.25. The predicted molar refractivity (Wildman–Crippen MR) is 82.6 cm³/mol. The Bertz CT molecular complexity index is 635. The minimum Gasteiger partial charge on any atom is -0.396 e. The summed E-state index contributed by atoms with van der Waals surface area (Å²) in [6.07, 6.45) is 5.59. The zero-order valence-corrected chi connectivity index (χ0v) is 12.3. The number of amides is 2. The summed E-state index contributed by atoms with van der Waals surface area (Å²) < 4.78 is 1.78. The van der Waals surface area contributed by atoms with E-state index in [9.17, 15) is 9.90 Å². The molecule has 1 aromatic carbocycles. The van der Waals surface area contributed by atoms with Gasteiger partial charge in [-0.3, -0.25) is 0 Å². The molecule has 1 aliphatic carbocycles. The van der Waals surface area contributed by atoms with Crippen LogP contribution in [0.3, 0.4) is 0 Å². The van der Waals surface area contributed by atoms with Gasteiger partial charge < -0.3 is 15.7 Å². The summed E-state index contributed by atoms with van der Waals surface area (Å²) in [5, 5.41) is 19.1. The third kappa shape index (κ3) is 3.46. The number of aromatic nitrogens is 2. The van der Waals surface area contributed by atoms with Gasteiger partial charge in [-0.05, 0) is 25.0 Å². The molecule has 0 atom stereocenters. The molecule has 2 aromatic rings. The van der Waals surface area contributed by atoms with Gasteiger partial charge in [0.25, 0.3) is 0 Å². The normalized spacial score (nSPS) is 15.3. The maximum atomic E-state index is 11.8. The summed E-state index contributed by atoms with van der Waals surface area (Å²) in [4.78, 5) is 11.8. The Kier molecular flexibility index (Phi) is 4.11. The van der Waals surface area contributed by atoms with Gasteiger partial charge in [0.15, 0.2) is 0 Å². The minimum absolute atomic E-state index is 0.0739. The minimum atomic E-state index is -0.216. The highest BCUT2D eigenvalue weighted by atomic mass is 16.3. The topological polar surface area (TPSA) is 79.2 Å². The van der Waals surface area contributed by atoms with Crippen molar-refractivity contribution in [2.45, 2.75) is 19.4 Å². The molecule has 0 spiro atoms. The van der Waals surface area contributed by atoms with Crippen molar-refractivity contribution in [1.29, 1.82) is 0 Å². The third-order valence-electron chi connectivity index (χ3n) is 4.03. The van der Waals surface area contributed by atoms with Crippen LogP contribution in [0.25, 0.3) is 5.69 Å². The second kappa shape index (κ2) is 6.19. The lowest BCUT2D eigenvalue weighted by Crippen LogP contribution is -2.39. The first-order valence-corrected chi connectivity index (χ1v) is 7.42. The second-order valence-electron chi connectivity index (χ2n) is 5.82. The SMILES string of the molecule is O=C(NCc1cnn(-c2ccccc2)c1)NCC1(CO)CC1. The van der Waals surface area contributed by atoms with E-state index in [1.165, 1.54) is 0 Å². The predicted octanol–water partition coefficient (Wildman–Crippen LogP) is 1.44. The first-order chi connectivity index (χ1) is 10.7. The van der Waals surface area contributed by atoms with Gasteiger partial charge in [0, 0.05) is 30.3 Å². The van der Waals surface area contributed by atoms with Crippen molar-refractivity contribution in [3.05, 3.63) is 48.3 Å². The van der Waals surface area contributed by atoms with Gasteiger partial charge in [0.05, 0.1) is 18.5 Å². The molecule has 0 bridgehead atoms. The van der Waals surface area contributed by atoms with E-state index in [1.807, 2.05) is 36.5 Å². The molecule has 1 saturated carbocycles. The number of hydrogen-bond acceptors (Lipinski definition) is 3. The Morgan fingerprint density at radius 1 is 1.27 bits per heavy atom. The van der Waals surface area contributed by atoms with E-state index >= 15 is 0 Å². The van der Waals surface area contributed by atoms with Gasteiger partial charge in [-0.25, -0.2) is 9.48 Å². The molecule has 116 valence electrons. The van der Waals surface area contributed by atoms with Crippen molar-refractivity contribution in [2.24, 2.45) is 5.41 Å². The highest BCUT2D eigenvalue weighted by Gasteiger charge is 2.42. The Morgan fingerprint density at radius 3 is 2.73 bits per heavy atom. The van der Waals surface area contributed by atoms with E-state index in [4.69, 9.17) is 0 Å². The van der Waals surface area contributed by atoms with E-state index in [0.29, 0.717) is 13.1 Å². The highest BCUT2D eigenvalue weighted by molar-refractivity contribution is 5.73. The van der Waals surface area contributed by atoms with Crippen LogP contribution in [0.2, 0.25) is 0 Å². The summed E-state index contributed by atoms with van der Waals surface area (Å²) in [5.74, 6) is 0. The largest absolute Gasteiger partial charge is 0.396 e. The van der Waals surface area contributed by atoms with E-state index < -0.39 is 0 Å². The lowest BCUT2D eigenvalue weighted by molar-refractivity contribution is 0.203. The Labute approximate surface area is 129 Å². The molecule has 2 amide bonds. The number of nitrogens with zero attached hydrogens (tertiary/aromatic N) is 2. The summed E-state index contributed by atoms with van der Waals surface area (Å²) >= 11 is 0. The summed E-state index contributed by atoms with van der Waals surface area (Å²) in [6, 6.07) is 9.60. The molecule has 0 saturated heterocycles. The summed E-state index contributed by atoms with van der Waals surface area (Å²) in [7, 11) is 0. The molecular weight excluding hydrogens is 280 g/mol. The van der Waals surface area contributed by atoms with Crippen LogP contribution in [0.4, 0.5) is 4.79 Å². The van der Waals surface area contributed by atoms with Crippen molar-refractivity contribution in [3.63, 3.8) is 0 Å². The number of carbonyl (C=O) groups excluding carboxylic acids is 1. The fourth-order valence-corrected chi connectivity index (χ4v) is 2.25. The van der Waals surface area contributed by atoms with Gasteiger partial charge >= 0.3 is 6.03 Å². The van der Waals surface area contributed by atoms with E-state index in [-0.39, 0.29) is 18.1 Å². The van der Waals surface area contributed by atoms with Crippen molar-refractivity contribution in [3.8, 4) is 5.69 Å². The molecule has 6 nitrogen and oxygen atoms in total. The first-order valence-electron chi connectivity index (χ1n) is 7.42. The summed E-state index contributed by atoms with van der Waals surface area (Å²) in [6.45, 7) is 1.08. The Morgan fingerprint density at radius 2 is 2.05 bits per heavy atom. The maximum Gasteiger partial charge on any atom is 0.315 e. The molecule has 22 heavy (non-hydrogen) atoms. The van der Waals surface area contributed by atoms with Crippen molar-refractivity contribution in [1.82, 2.24) is 20.4 Å². The van der Waals surface area contributed by atoms with Gasteiger partial charge in [-0.15, -0.1) is 0 Å². The Hall–Kier alpha value is -2.34. The third-order valence-corrected chi connectivity index (χ3v) is 4.03. The van der Waals surface area contributed by atoms with Crippen LogP contribution < -0.4 is 10.6 Å². The van der Waals surface area contributed by atoms with E-state index in [1.54, 1.807) is 10.9 Å². The highest BCUT2D eigenvalue weighted by Crippen LogP contribution is 2.44. The summed E-state index contributed by atoms with van der Waals surface area (Å²) in [5.41, 5.74) is 1.84. The zero-order chi connectivity index (χ0) is 15.4. The lowest BCUT2D eigenvalue weighted by atomic mass is 10.1. The van der Waals surface area contributed by atoms with Gasteiger partial charge in [-0.1, -0.05) is 18.2 Å². The van der Waals surface area contributed by atoms with Gasteiger partial charge in [0.1, 0.15) is 0 Å². The van der Waals surface area contributed by atoms with Crippen molar-refractivity contribution < 1.29 is 9.90 Å². The molecule has 0 unspecified atom stereocenters. The van der Waals surface area contributed by atoms with Crippen LogP contribution in [0.5, 0.6) is 0 Å². The first kappa shape index (κ1) is 14.6. The van der Waals surface area contributed by atoms with Crippen LogP contribution >= 0.6 is 0 Å². The molecular formula is C16H20N4O2. The van der Waals surface area contributed by atoms with Crippen LogP contribution in [0.1, 0.15) is 18.4 Å². The second-order valence-corrected chi connectivity index (χ2v) is 5.82. The molecule has 0 aliphatic heterocycles. The molecule has 1 fully saturated rings. The van der Waals surface area contributed by atoms with Crippen molar-refractivity contribution >= 4 is 6.03 Å². The van der Waals surface area contributed by atoms with Crippen molar-refractivity contribution in [2.75, 3.05) is 13.2 Å². The average Bonchev–Trinajstić information content (AvgIpc) is 3.20. The number of nitrogens with one attached hydrogen (secondary N) is 2. The number of carbonyl (C=O) groups is 1. The standard InChI is InChI=1S/C16H20N4O2/c21-12-16(6-7-16)11-18-15(22)17-8-13-9-19-20(10-13)14-4-2-1-3-5-14/h1-5,9-10,21H,6-8,11-12H2,(H2,17,18,22). The molecule has 1 aromatic heterocycles. The number of rotatable bonds is 6. The average molecular weight is 300 g/mol. The van der Waals surface area contributed by atoms with E-state index in [0.717, 1.165) is 24.1 Å². The Balaban J connectivity index is 1.48. The van der Waals surface area contributed by atoms with Crippen LogP contribution in [-0.2, 0) is 6.54 Å². The van der Waals surface area contributed by atoms with Crippen LogP contribution in [-0.4, -0.2) is 34.1 Å². The molecule has 6 heteroatoms. The lowest BCUT2D eigenvalue weighted by Gasteiger charge is -2.13. The molecule has 1 heterocycles. The molecule has 3 rings (SSSR count). The maximum absolute atomic E-state index is 11.8. The monoisotopic (exact) mass is 300 g/mol. The quantitative estimate of drug-likeness (QED) is 0.755. The molecule has 3 N–H and O–H groups in total.